The third-order valence-corrected chi connectivity index (χ3v) is 6.09. The number of anilines is 2. The first kappa shape index (κ1) is 17.8. The molecule has 1 spiro atoms. The van der Waals surface area contributed by atoms with Crippen LogP contribution in [0.1, 0.15) is 17.5 Å². The van der Waals surface area contributed by atoms with E-state index < -0.39 is 0 Å². The first-order chi connectivity index (χ1) is 14.2. The van der Waals surface area contributed by atoms with Gasteiger partial charge in [0.25, 0.3) is 0 Å². The number of allylic oxidation sites excluding steroid dienone is 7. The van der Waals surface area contributed by atoms with E-state index in [1.807, 2.05) is 11.1 Å². The Bertz CT molecular complexity index is 1100. The highest BCUT2D eigenvalue weighted by atomic mass is 15.4. The molecule has 3 nitrogen and oxygen atoms in total. The van der Waals surface area contributed by atoms with Crippen molar-refractivity contribution in [1.82, 2.24) is 0 Å². The van der Waals surface area contributed by atoms with Gasteiger partial charge in [-0.05, 0) is 52.9 Å². The van der Waals surface area contributed by atoms with Gasteiger partial charge in [-0.1, -0.05) is 67.3 Å². The van der Waals surface area contributed by atoms with Gasteiger partial charge in [-0.3, -0.25) is 0 Å². The molecule has 2 aromatic carbocycles. The molecule has 0 aromatic heterocycles. The summed E-state index contributed by atoms with van der Waals surface area (Å²) in [7, 11) is 0. The van der Waals surface area contributed by atoms with Crippen molar-refractivity contribution in [3.05, 3.63) is 103 Å². The molecular formula is C26H25N3. The lowest BCUT2D eigenvalue weighted by Gasteiger charge is -2.27. The molecule has 0 bridgehead atoms. The fourth-order valence-corrected chi connectivity index (χ4v) is 4.54. The summed E-state index contributed by atoms with van der Waals surface area (Å²) >= 11 is 0. The Hall–Kier alpha value is -3.30. The lowest BCUT2D eigenvalue weighted by atomic mass is 9.76. The molecule has 0 saturated carbocycles. The van der Waals surface area contributed by atoms with E-state index in [-0.39, 0.29) is 5.41 Å². The minimum absolute atomic E-state index is 0.0318. The lowest BCUT2D eigenvalue weighted by molar-refractivity contribution is 0.565. The van der Waals surface area contributed by atoms with E-state index in [9.17, 15) is 0 Å². The molecule has 2 aliphatic heterocycles. The summed E-state index contributed by atoms with van der Waals surface area (Å²) in [5.74, 6) is 6.34. The van der Waals surface area contributed by atoms with Crippen LogP contribution in [0.4, 0.5) is 11.4 Å². The molecule has 0 amide bonds. The van der Waals surface area contributed by atoms with Crippen LogP contribution in [0.15, 0.2) is 91.6 Å². The molecule has 2 heterocycles. The Morgan fingerprint density at radius 2 is 1.79 bits per heavy atom. The number of hydrogen-bond donors (Lipinski definition) is 2. The van der Waals surface area contributed by atoms with Crippen molar-refractivity contribution in [2.45, 2.75) is 11.8 Å². The predicted molar refractivity (Wildman–Crippen MR) is 124 cm³/mol. The van der Waals surface area contributed by atoms with Gasteiger partial charge >= 0.3 is 0 Å². The van der Waals surface area contributed by atoms with Crippen LogP contribution in [-0.4, -0.2) is 13.1 Å². The van der Waals surface area contributed by atoms with Crippen LogP contribution in [-0.2, 0) is 5.41 Å². The highest BCUT2D eigenvalue weighted by Crippen LogP contribution is 2.46. The molecule has 1 atom stereocenters. The molecule has 0 saturated heterocycles. The summed E-state index contributed by atoms with van der Waals surface area (Å²) < 4.78 is 0. The van der Waals surface area contributed by atoms with E-state index in [2.05, 4.69) is 90.8 Å². The minimum atomic E-state index is -0.0318. The number of rotatable bonds is 1. The molecule has 3 N–H and O–H groups in total. The van der Waals surface area contributed by atoms with Crippen LogP contribution >= 0.6 is 0 Å². The quantitative estimate of drug-likeness (QED) is 0.656. The molecule has 0 fully saturated rings. The van der Waals surface area contributed by atoms with Gasteiger partial charge in [-0.15, -0.1) is 0 Å². The average molecular weight is 380 g/mol. The maximum absolute atomic E-state index is 6.34. The zero-order valence-electron chi connectivity index (χ0n) is 16.4. The molecule has 3 heteroatoms. The van der Waals surface area contributed by atoms with Crippen molar-refractivity contribution >= 4 is 16.9 Å². The van der Waals surface area contributed by atoms with E-state index in [0.717, 1.165) is 42.0 Å². The minimum Gasteiger partial charge on any atom is -0.381 e. The van der Waals surface area contributed by atoms with Gasteiger partial charge in [-0.25, -0.2) is 5.84 Å². The monoisotopic (exact) mass is 379 g/mol. The normalized spacial score (nSPS) is 24.3. The second kappa shape index (κ2) is 6.94. The highest BCUT2D eigenvalue weighted by Gasteiger charge is 2.40. The molecule has 29 heavy (non-hydrogen) atoms. The topological polar surface area (TPSA) is 41.3 Å². The third kappa shape index (κ3) is 3.04. The predicted octanol–water partition coefficient (Wildman–Crippen LogP) is 5.35. The van der Waals surface area contributed by atoms with Gasteiger partial charge in [0, 0.05) is 29.8 Å². The van der Waals surface area contributed by atoms with E-state index in [1.165, 1.54) is 16.7 Å². The number of hydrogen-bond acceptors (Lipinski definition) is 3. The van der Waals surface area contributed by atoms with Gasteiger partial charge in [0.2, 0.25) is 0 Å². The van der Waals surface area contributed by atoms with Gasteiger partial charge < -0.3 is 10.3 Å². The summed E-state index contributed by atoms with van der Waals surface area (Å²) in [5.41, 5.74) is 8.05. The van der Waals surface area contributed by atoms with Crippen LogP contribution in [0.3, 0.4) is 0 Å². The number of hydrazine groups is 1. The molecule has 5 rings (SSSR count). The Balaban J connectivity index is 1.59. The van der Waals surface area contributed by atoms with E-state index in [4.69, 9.17) is 5.84 Å². The number of nitrogens with one attached hydrogen (secondary N) is 1. The highest BCUT2D eigenvalue weighted by molar-refractivity contribution is 5.85. The Kier molecular flexibility index (Phi) is 4.26. The van der Waals surface area contributed by atoms with Crippen LogP contribution in [0, 0.1) is 0 Å². The lowest BCUT2D eigenvalue weighted by Crippen LogP contribution is -2.36. The van der Waals surface area contributed by atoms with Crippen molar-refractivity contribution in [3.8, 4) is 11.1 Å². The number of benzene rings is 2. The Morgan fingerprint density at radius 3 is 2.66 bits per heavy atom. The van der Waals surface area contributed by atoms with Gasteiger partial charge in [-0.2, -0.15) is 0 Å². The maximum atomic E-state index is 6.34. The van der Waals surface area contributed by atoms with Gasteiger partial charge in [0.05, 0.1) is 5.69 Å². The standard InChI is InChI=1S/C26H25N3/c1-19-8-4-2-7-15-28-24-11-9-20(16-22(19)24)21-10-12-25-23(17-21)26(18-29(25)27)13-5-3-6-14-26/h2-13,16-17,28H,1,14-15,18,27H2/b7-2-,8-4-. The zero-order valence-corrected chi connectivity index (χ0v) is 16.4. The van der Waals surface area contributed by atoms with Crippen molar-refractivity contribution in [3.63, 3.8) is 0 Å². The van der Waals surface area contributed by atoms with Crippen LogP contribution < -0.4 is 16.2 Å². The Labute approximate surface area is 172 Å². The van der Waals surface area contributed by atoms with E-state index >= 15 is 0 Å². The molecule has 144 valence electrons. The molecule has 2 aromatic rings. The van der Waals surface area contributed by atoms with Crippen LogP contribution in [0.5, 0.6) is 0 Å². The van der Waals surface area contributed by atoms with Crippen molar-refractivity contribution in [2.24, 2.45) is 5.84 Å². The second-order valence-electron chi connectivity index (χ2n) is 7.96. The van der Waals surface area contributed by atoms with Crippen molar-refractivity contribution in [2.75, 3.05) is 23.4 Å². The zero-order chi connectivity index (χ0) is 19.8. The van der Waals surface area contributed by atoms with Crippen molar-refractivity contribution < 1.29 is 0 Å². The summed E-state index contributed by atoms with van der Waals surface area (Å²) in [6.07, 6.45) is 18.1. The number of nitrogens with zero attached hydrogens (tertiary/aromatic N) is 1. The van der Waals surface area contributed by atoms with Gasteiger partial charge in [0.1, 0.15) is 0 Å². The average Bonchev–Trinajstić information content (AvgIpc) is 3.05. The van der Waals surface area contributed by atoms with Crippen LogP contribution in [0.2, 0.25) is 0 Å². The molecule has 1 unspecified atom stereocenters. The Morgan fingerprint density at radius 1 is 0.966 bits per heavy atom. The smallest absolute Gasteiger partial charge is 0.0559 e. The van der Waals surface area contributed by atoms with Crippen molar-refractivity contribution in [1.29, 1.82) is 0 Å². The molecule has 3 aliphatic rings. The number of fused-ring (bicyclic) bond motifs is 3. The first-order valence-electron chi connectivity index (χ1n) is 10.1. The molecular weight excluding hydrogens is 354 g/mol. The summed E-state index contributed by atoms with van der Waals surface area (Å²) in [6.45, 7) is 5.89. The molecule has 1 aliphatic carbocycles. The third-order valence-electron chi connectivity index (χ3n) is 6.09. The SMILES string of the molecule is C=C1/C=C\C=C/CNc2ccc(-c3ccc4c(c3)C3(C=CC=CC3)CN4N)cc21. The summed E-state index contributed by atoms with van der Waals surface area (Å²) in [5, 5.41) is 5.37. The van der Waals surface area contributed by atoms with E-state index in [1.54, 1.807) is 0 Å². The maximum Gasteiger partial charge on any atom is 0.0559 e. The largest absolute Gasteiger partial charge is 0.381 e. The molecule has 0 radical (unpaired) electrons. The second-order valence-corrected chi connectivity index (χ2v) is 7.96. The van der Waals surface area contributed by atoms with Gasteiger partial charge in [0.15, 0.2) is 0 Å². The van der Waals surface area contributed by atoms with Crippen LogP contribution in [0.25, 0.3) is 16.7 Å². The fraction of sp³-hybridized carbons (Fsp3) is 0.154. The summed E-state index contributed by atoms with van der Waals surface area (Å²) in [4.78, 5) is 0. The number of nitrogens with two attached hydrogens (primary N) is 1. The van der Waals surface area contributed by atoms with E-state index in [0.29, 0.717) is 0 Å². The summed E-state index contributed by atoms with van der Waals surface area (Å²) in [6, 6.07) is 13.2. The fourth-order valence-electron chi connectivity index (χ4n) is 4.54. The first-order valence-corrected chi connectivity index (χ1v) is 10.1.